The Morgan fingerprint density at radius 2 is 2.12 bits per heavy atom. The van der Waals surface area contributed by atoms with Crippen molar-refractivity contribution in [1.82, 2.24) is 5.32 Å². The summed E-state index contributed by atoms with van der Waals surface area (Å²) >= 11 is 5.87. The molecule has 2 N–H and O–H groups in total. The predicted octanol–water partition coefficient (Wildman–Crippen LogP) is 2.21. The van der Waals surface area contributed by atoms with E-state index in [2.05, 4.69) is 5.32 Å². The Morgan fingerprint density at radius 1 is 1.41 bits per heavy atom. The molecule has 0 spiro atoms. The van der Waals surface area contributed by atoms with E-state index in [1.165, 1.54) is 0 Å². The van der Waals surface area contributed by atoms with Crippen molar-refractivity contribution < 1.29 is 9.90 Å². The number of carbonyl (C=O) groups excluding carboxylic acids is 1. The highest BCUT2D eigenvalue weighted by atomic mass is 35.5. The Morgan fingerprint density at radius 3 is 2.65 bits per heavy atom. The van der Waals surface area contributed by atoms with Crippen molar-refractivity contribution in [1.29, 1.82) is 0 Å². The van der Waals surface area contributed by atoms with E-state index >= 15 is 0 Å². The molecule has 1 aliphatic rings. The van der Waals surface area contributed by atoms with Gasteiger partial charge in [-0.15, -0.1) is 11.6 Å². The number of halogens is 1. The van der Waals surface area contributed by atoms with Gasteiger partial charge in [0, 0.05) is 11.4 Å². The van der Waals surface area contributed by atoms with E-state index in [0.29, 0.717) is 11.4 Å². The lowest BCUT2D eigenvalue weighted by molar-refractivity contribution is -0.123. The molecule has 2 rings (SSSR count). The molecule has 92 valence electrons. The Bertz CT molecular complexity index is 410. The molecule has 4 heteroatoms. The summed E-state index contributed by atoms with van der Waals surface area (Å²) < 4.78 is 0. The Kier molecular flexibility index (Phi) is 3.57. The molecule has 0 saturated heterocycles. The van der Waals surface area contributed by atoms with E-state index in [1.54, 1.807) is 18.2 Å². The first-order chi connectivity index (χ1) is 8.15. The minimum atomic E-state index is -0.205. The van der Waals surface area contributed by atoms with Gasteiger partial charge in [0.15, 0.2) is 0 Å². The minimum Gasteiger partial charge on any atom is -0.508 e. The molecule has 1 aromatic carbocycles. The van der Waals surface area contributed by atoms with Gasteiger partial charge in [-0.3, -0.25) is 4.79 Å². The predicted molar refractivity (Wildman–Crippen MR) is 67.3 cm³/mol. The topological polar surface area (TPSA) is 49.3 Å². The average molecular weight is 254 g/mol. The van der Waals surface area contributed by atoms with E-state index in [-0.39, 0.29) is 23.6 Å². The van der Waals surface area contributed by atoms with Crippen LogP contribution < -0.4 is 5.32 Å². The van der Waals surface area contributed by atoms with Gasteiger partial charge in [0.2, 0.25) is 5.91 Å². The van der Waals surface area contributed by atoms with E-state index in [9.17, 15) is 9.90 Å². The van der Waals surface area contributed by atoms with Gasteiger partial charge in [0.05, 0.1) is 12.0 Å². The number of amides is 1. The van der Waals surface area contributed by atoms with Crippen LogP contribution in [0.3, 0.4) is 0 Å². The van der Waals surface area contributed by atoms with Crippen molar-refractivity contribution in [3.05, 3.63) is 29.8 Å². The SMILES string of the molecule is O=C(Cc1ccccc1O)NC1(CCl)CCC1. The summed E-state index contributed by atoms with van der Waals surface area (Å²) in [5, 5.41) is 12.6. The quantitative estimate of drug-likeness (QED) is 0.809. The minimum absolute atomic E-state index is 0.0770. The fourth-order valence-electron chi connectivity index (χ4n) is 2.07. The zero-order valence-corrected chi connectivity index (χ0v) is 10.3. The van der Waals surface area contributed by atoms with E-state index in [4.69, 9.17) is 11.6 Å². The summed E-state index contributed by atoms with van der Waals surface area (Å²) in [5.74, 6) is 0.544. The first-order valence-corrected chi connectivity index (χ1v) is 6.32. The van der Waals surface area contributed by atoms with Crippen molar-refractivity contribution >= 4 is 17.5 Å². The summed E-state index contributed by atoms with van der Waals surface area (Å²) in [5.41, 5.74) is 0.442. The van der Waals surface area contributed by atoms with Crippen LogP contribution in [-0.4, -0.2) is 22.4 Å². The standard InChI is InChI=1S/C13H16ClNO2/c14-9-13(6-3-7-13)15-12(17)8-10-4-1-2-5-11(10)16/h1-2,4-5,16H,3,6-9H2,(H,15,17). The van der Waals surface area contributed by atoms with E-state index < -0.39 is 0 Å². The molecule has 1 amide bonds. The molecule has 3 nitrogen and oxygen atoms in total. The van der Waals surface area contributed by atoms with Gasteiger partial charge in [0.1, 0.15) is 5.75 Å². The number of benzene rings is 1. The van der Waals surface area contributed by atoms with E-state index in [1.807, 2.05) is 6.07 Å². The second-order valence-corrected chi connectivity index (χ2v) is 4.89. The number of phenolic OH excluding ortho intramolecular Hbond substituents is 1. The zero-order chi connectivity index (χ0) is 12.3. The monoisotopic (exact) mass is 253 g/mol. The Hall–Kier alpha value is -1.22. The highest BCUT2D eigenvalue weighted by Crippen LogP contribution is 2.33. The number of alkyl halides is 1. The van der Waals surface area contributed by atoms with Gasteiger partial charge in [-0.2, -0.15) is 0 Å². The van der Waals surface area contributed by atoms with Crippen LogP contribution in [0.5, 0.6) is 5.75 Å². The van der Waals surface area contributed by atoms with Crippen LogP contribution in [0.2, 0.25) is 0 Å². The van der Waals surface area contributed by atoms with Gasteiger partial charge in [0.25, 0.3) is 0 Å². The molecule has 0 bridgehead atoms. The van der Waals surface area contributed by atoms with Crippen LogP contribution in [0.1, 0.15) is 24.8 Å². The number of hydrogen-bond donors (Lipinski definition) is 2. The normalized spacial score (nSPS) is 17.2. The highest BCUT2D eigenvalue weighted by molar-refractivity contribution is 6.18. The number of nitrogens with one attached hydrogen (secondary N) is 1. The smallest absolute Gasteiger partial charge is 0.225 e. The van der Waals surface area contributed by atoms with Crippen molar-refractivity contribution in [2.75, 3.05) is 5.88 Å². The number of rotatable bonds is 4. The lowest BCUT2D eigenvalue weighted by Crippen LogP contribution is -2.55. The fourth-order valence-corrected chi connectivity index (χ4v) is 2.40. The molecule has 0 radical (unpaired) electrons. The van der Waals surface area contributed by atoms with Crippen molar-refractivity contribution in [2.24, 2.45) is 0 Å². The summed E-state index contributed by atoms with van der Waals surface area (Å²) in [6, 6.07) is 6.89. The highest BCUT2D eigenvalue weighted by Gasteiger charge is 2.37. The molecule has 1 aliphatic carbocycles. The third-order valence-electron chi connectivity index (χ3n) is 3.31. The van der Waals surface area contributed by atoms with Crippen LogP contribution in [0.4, 0.5) is 0 Å². The lowest BCUT2D eigenvalue weighted by Gasteiger charge is -2.41. The van der Waals surface area contributed by atoms with Gasteiger partial charge in [-0.05, 0) is 25.3 Å². The molecule has 17 heavy (non-hydrogen) atoms. The molecule has 0 unspecified atom stereocenters. The van der Waals surface area contributed by atoms with Crippen LogP contribution in [0.15, 0.2) is 24.3 Å². The van der Waals surface area contributed by atoms with Gasteiger partial charge in [-0.25, -0.2) is 0 Å². The number of carbonyl (C=O) groups is 1. The third-order valence-corrected chi connectivity index (χ3v) is 3.83. The molecular weight excluding hydrogens is 238 g/mol. The fraction of sp³-hybridized carbons (Fsp3) is 0.462. The first kappa shape index (κ1) is 12.2. The van der Waals surface area contributed by atoms with Crippen molar-refractivity contribution in [2.45, 2.75) is 31.2 Å². The van der Waals surface area contributed by atoms with Gasteiger partial charge in [-0.1, -0.05) is 18.2 Å². The summed E-state index contributed by atoms with van der Waals surface area (Å²) in [4.78, 5) is 11.9. The van der Waals surface area contributed by atoms with Crippen LogP contribution >= 0.6 is 11.6 Å². The molecular formula is C13H16ClNO2. The van der Waals surface area contributed by atoms with Crippen molar-refractivity contribution in [3.8, 4) is 5.75 Å². The summed E-state index contributed by atoms with van der Waals surface area (Å²) in [6.07, 6.45) is 3.21. The molecule has 1 fully saturated rings. The number of hydrogen-bond acceptors (Lipinski definition) is 2. The lowest BCUT2D eigenvalue weighted by atomic mass is 9.78. The third kappa shape index (κ3) is 2.72. The second kappa shape index (κ2) is 4.96. The molecule has 1 saturated carbocycles. The van der Waals surface area contributed by atoms with Gasteiger partial charge >= 0.3 is 0 Å². The van der Waals surface area contributed by atoms with Crippen molar-refractivity contribution in [3.63, 3.8) is 0 Å². The second-order valence-electron chi connectivity index (χ2n) is 4.62. The number of para-hydroxylation sites is 1. The van der Waals surface area contributed by atoms with Crippen LogP contribution in [-0.2, 0) is 11.2 Å². The van der Waals surface area contributed by atoms with E-state index in [0.717, 1.165) is 19.3 Å². The maximum Gasteiger partial charge on any atom is 0.225 e. The summed E-state index contributed by atoms with van der Waals surface area (Å²) in [6.45, 7) is 0. The Balaban J connectivity index is 1.96. The average Bonchev–Trinajstić information content (AvgIpc) is 2.27. The largest absolute Gasteiger partial charge is 0.508 e. The molecule has 1 aromatic rings. The summed E-state index contributed by atoms with van der Waals surface area (Å²) in [7, 11) is 0. The molecule has 0 atom stereocenters. The van der Waals surface area contributed by atoms with Gasteiger partial charge < -0.3 is 10.4 Å². The number of aromatic hydroxyl groups is 1. The molecule has 0 aromatic heterocycles. The molecule has 0 aliphatic heterocycles. The van der Waals surface area contributed by atoms with Crippen LogP contribution in [0.25, 0.3) is 0 Å². The number of phenols is 1. The zero-order valence-electron chi connectivity index (χ0n) is 9.58. The maximum absolute atomic E-state index is 11.9. The maximum atomic E-state index is 11.9. The Labute approximate surface area is 106 Å². The molecule has 0 heterocycles. The van der Waals surface area contributed by atoms with Crippen LogP contribution in [0, 0.1) is 0 Å². The first-order valence-electron chi connectivity index (χ1n) is 5.79.